The second-order valence-electron chi connectivity index (χ2n) is 5.77. The summed E-state index contributed by atoms with van der Waals surface area (Å²) in [5, 5.41) is 0. The second-order valence-corrected chi connectivity index (χ2v) is 5.77. The molecule has 0 saturated heterocycles. The van der Waals surface area contributed by atoms with Crippen LogP contribution in [0.5, 0.6) is 11.5 Å². The molecule has 134 valence electrons. The number of nitrogens with zero attached hydrogens (tertiary/aromatic N) is 1. The van der Waals surface area contributed by atoms with Gasteiger partial charge < -0.3 is 14.2 Å². The van der Waals surface area contributed by atoms with Crippen LogP contribution in [0.25, 0.3) is 6.08 Å². The molecule has 1 aliphatic heterocycles. The normalized spacial score (nSPS) is 14.9. The Labute approximate surface area is 152 Å². The fourth-order valence-electron chi connectivity index (χ4n) is 2.59. The quantitative estimate of drug-likeness (QED) is 0.558. The van der Waals surface area contributed by atoms with Crippen molar-refractivity contribution in [3.05, 3.63) is 65.4 Å². The predicted octanol–water partition coefficient (Wildman–Crippen LogP) is 4.02. The van der Waals surface area contributed by atoms with Crippen LogP contribution in [0.4, 0.5) is 0 Å². The Kier molecular flexibility index (Phi) is 5.69. The molecular weight excluding hydrogens is 330 g/mol. The summed E-state index contributed by atoms with van der Waals surface area (Å²) in [4.78, 5) is 16.3. The summed E-state index contributed by atoms with van der Waals surface area (Å²) < 4.78 is 15.8. The van der Waals surface area contributed by atoms with Crippen LogP contribution in [0.2, 0.25) is 0 Å². The molecule has 1 aliphatic rings. The molecule has 2 aromatic rings. The minimum atomic E-state index is -0.413. The minimum absolute atomic E-state index is 0.318. The number of ether oxygens (including phenoxy) is 3. The Morgan fingerprint density at radius 3 is 2.35 bits per heavy atom. The molecule has 0 atom stereocenters. The Bertz CT molecular complexity index is 820. The van der Waals surface area contributed by atoms with Gasteiger partial charge in [-0.1, -0.05) is 24.3 Å². The van der Waals surface area contributed by atoms with Gasteiger partial charge in [0.05, 0.1) is 13.7 Å². The molecule has 0 N–H and O–H groups in total. The molecule has 0 unspecified atom stereocenters. The van der Waals surface area contributed by atoms with Crippen molar-refractivity contribution in [1.82, 2.24) is 0 Å². The van der Waals surface area contributed by atoms with Crippen molar-refractivity contribution in [2.24, 2.45) is 4.99 Å². The molecule has 0 spiro atoms. The molecular formula is C21H21NO4. The van der Waals surface area contributed by atoms with Crippen molar-refractivity contribution in [3.63, 3.8) is 0 Å². The van der Waals surface area contributed by atoms with E-state index in [9.17, 15) is 4.79 Å². The molecule has 0 aromatic heterocycles. The van der Waals surface area contributed by atoms with Crippen molar-refractivity contribution in [2.75, 3.05) is 13.7 Å². The number of methoxy groups -OCH3 is 1. The Hall–Kier alpha value is -3.08. The lowest BCUT2D eigenvalue weighted by molar-refractivity contribution is -0.130. The maximum absolute atomic E-state index is 12.0. The SMILES string of the molecule is CCOc1ccc(/C=C2/N=C(CCc3ccc(OC)cc3)OC2=O)cc1. The number of hydrogen-bond donors (Lipinski definition) is 0. The summed E-state index contributed by atoms with van der Waals surface area (Å²) in [6.45, 7) is 2.56. The lowest BCUT2D eigenvalue weighted by atomic mass is 10.1. The average Bonchev–Trinajstić information content (AvgIpc) is 3.02. The maximum Gasteiger partial charge on any atom is 0.363 e. The van der Waals surface area contributed by atoms with E-state index in [0.717, 1.165) is 29.0 Å². The summed E-state index contributed by atoms with van der Waals surface area (Å²) >= 11 is 0. The van der Waals surface area contributed by atoms with Crippen LogP contribution < -0.4 is 9.47 Å². The molecule has 0 fully saturated rings. The van der Waals surface area contributed by atoms with Gasteiger partial charge in [-0.25, -0.2) is 9.79 Å². The van der Waals surface area contributed by atoms with Gasteiger partial charge in [0.25, 0.3) is 0 Å². The monoisotopic (exact) mass is 351 g/mol. The summed E-state index contributed by atoms with van der Waals surface area (Å²) in [6.07, 6.45) is 3.03. The van der Waals surface area contributed by atoms with Crippen LogP contribution >= 0.6 is 0 Å². The fraction of sp³-hybridized carbons (Fsp3) is 0.238. The molecule has 0 amide bonds. The van der Waals surface area contributed by atoms with E-state index in [4.69, 9.17) is 14.2 Å². The zero-order chi connectivity index (χ0) is 18.4. The lowest BCUT2D eigenvalue weighted by Gasteiger charge is -2.03. The van der Waals surface area contributed by atoms with Gasteiger partial charge in [0.15, 0.2) is 11.6 Å². The molecule has 2 aromatic carbocycles. The first kappa shape index (κ1) is 17.7. The number of carbonyl (C=O) groups excluding carboxylic acids is 1. The predicted molar refractivity (Wildman–Crippen MR) is 100 cm³/mol. The molecule has 5 heteroatoms. The second kappa shape index (κ2) is 8.34. The summed E-state index contributed by atoms with van der Waals surface area (Å²) in [5.41, 5.74) is 2.33. The summed E-state index contributed by atoms with van der Waals surface area (Å²) in [5.74, 6) is 1.65. The van der Waals surface area contributed by atoms with Crippen LogP contribution in [-0.4, -0.2) is 25.6 Å². The molecule has 3 rings (SSSR count). The smallest absolute Gasteiger partial charge is 0.363 e. The number of rotatable bonds is 7. The molecule has 0 saturated carbocycles. The average molecular weight is 351 g/mol. The molecule has 0 aliphatic carbocycles. The lowest BCUT2D eigenvalue weighted by Crippen LogP contribution is -2.05. The van der Waals surface area contributed by atoms with Crippen molar-refractivity contribution in [3.8, 4) is 11.5 Å². The highest BCUT2D eigenvalue weighted by molar-refractivity contribution is 6.07. The van der Waals surface area contributed by atoms with Crippen LogP contribution in [0.3, 0.4) is 0 Å². The van der Waals surface area contributed by atoms with Crippen LogP contribution in [0, 0.1) is 0 Å². The molecule has 5 nitrogen and oxygen atoms in total. The standard InChI is InChI=1S/C21H21NO4/c1-3-25-18-11-6-16(7-12-18)14-19-21(23)26-20(22-19)13-8-15-4-9-17(24-2)10-5-15/h4-7,9-12,14H,3,8,13H2,1-2H3/b19-14+. The third kappa shape index (κ3) is 4.51. The molecule has 0 bridgehead atoms. The van der Waals surface area contributed by atoms with Gasteiger partial charge in [0, 0.05) is 6.42 Å². The molecule has 0 radical (unpaired) electrons. The van der Waals surface area contributed by atoms with Crippen molar-refractivity contribution in [2.45, 2.75) is 19.8 Å². The van der Waals surface area contributed by atoms with Gasteiger partial charge in [-0.3, -0.25) is 0 Å². The van der Waals surface area contributed by atoms with E-state index in [1.54, 1.807) is 13.2 Å². The summed E-state index contributed by atoms with van der Waals surface area (Å²) in [7, 11) is 1.64. The number of aliphatic imine (C=N–C) groups is 1. The van der Waals surface area contributed by atoms with E-state index in [-0.39, 0.29) is 0 Å². The number of aryl methyl sites for hydroxylation is 1. The first-order chi connectivity index (χ1) is 12.7. The topological polar surface area (TPSA) is 57.1 Å². The number of benzene rings is 2. The number of hydrogen-bond acceptors (Lipinski definition) is 5. The van der Waals surface area contributed by atoms with Gasteiger partial charge >= 0.3 is 5.97 Å². The zero-order valence-electron chi connectivity index (χ0n) is 14.9. The first-order valence-corrected chi connectivity index (χ1v) is 8.55. The fourth-order valence-corrected chi connectivity index (χ4v) is 2.59. The minimum Gasteiger partial charge on any atom is -0.497 e. The third-order valence-electron chi connectivity index (χ3n) is 3.95. The summed E-state index contributed by atoms with van der Waals surface area (Å²) in [6, 6.07) is 15.3. The highest BCUT2D eigenvalue weighted by Crippen LogP contribution is 2.20. The highest BCUT2D eigenvalue weighted by Gasteiger charge is 2.22. The van der Waals surface area contributed by atoms with E-state index in [1.165, 1.54) is 0 Å². The van der Waals surface area contributed by atoms with Gasteiger partial charge in [0.1, 0.15) is 11.5 Å². The Morgan fingerprint density at radius 2 is 1.69 bits per heavy atom. The van der Waals surface area contributed by atoms with Crippen molar-refractivity contribution in [1.29, 1.82) is 0 Å². The van der Waals surface area contributed by atoms with Crippen LogP contribution in [0.1, 0.15) is 24.5 Å². The number of cyclic esters (lactones) is 1. The van der Waals surface area contributed by atoms with E-state index < -0.39 is 5.97 Å². The van der Waals surface area contributed by atoms with Crippen molar-refractivity contribution < 1.29 is 19.0 Å². The number of carbonyl (C=O) groups is 1. The highest BCUT2D eigenvalue weighted by atomic mass is 16.6. The molecule has 26 heavy (non-hydrogen) atoms. The molecule has 1 heterocycles. The first-order valence-electron chi connectivity index (χ1n) is 8.55. The largest absolute Gasteiger partial charge is 0.497 e. The third-order valence-corrected chi connectivity index (χ3v) is 3.95. The van der Waals surface area contributed by atoms with E-state index >= 15 is 0 Å². The van der Waals surface area contributed by atoms with Gasteiger partial charge in [-0.15, -0.1) is 0 Å². The Morgan fingerprint density at radius 1 is 1.00 bits per heavy atom. The van der Waals surface area contributed by atoms with E-state index in [0.29, 0.717) is 24.6 Å². The van der Waals surface area contributed by atoms with Gasteiger partial charge in [0.2, 0.25) is 0 Å². The maximum atomic E-state index is 12.0. The van der Waals surface area contributed by atoms with Crippen LogP contribution in [-0.2, 0) is 16.0 Å². The van der Waals surface area contributed by atoms with Gasteiger partial charge in [-0.05, 0) is 54.8 Å². The van der Waals surface area contributed by atoms with Crippen molar-refractivity contribution >= 4 is 17.9 Å². The number of esters is 1. The Balaban J connectivity index is 1.63. The van der Waals surface area contributed by atoms with E-state index in [2.05, 4.69) is 4.99 Å². The zero-order valence-corrected chi connectivity index (χ0v) is 14.9. The van der Waals surface area contributed by atoms with E-state index in [1.807, 2.05) is 55.5 Å². The van der Waals surface area contributed by atoms with Crippen LogP contribution in [0.15, 0.2) is 59.2 Å². The van der Waals surface area contributed by atoms with Gasteiger partial charge in [-0.2, -0.15) is 0 Å².